The molecule has 1 saturated carbocycles. The number of pyridine rings is 2. The third-order valence-corrected chi connectivity index (χ3v) is 4.53. The minimum absolute atomic E-state index is 0.0311. The molecule has 112 valence electrons. The first-order valence-electron chi connectivity index (χ1n) is 7.83. The van der Waals surface area contributed by atoms with Gasteiger partial charge in [0, 0.05) is 18.5 Å². The Morgan fingerprint density at radius 3 is 2.77 bits per heavy atom. The normalized spacial score (nSPS) is 19.2. The first-order chi connectivity index (χ1) is 10.8. The molecule has 4 heteroatoms. The molecule has 1 aliphatic carbocycles. The highest BCUT2D eigenvalue weighted by atomic mass is 16.5. The largest absolute Gasteiger partial charge is 0.466 e. The molecule has 22 heavy (non-hydrogen) atoms. The van der Waals surface area contributed by atoms with Crippen LogP contribution >= 0.6 is 0 Å². The summed E-state index contributed by atoms with van der Waals surface area (Å²) in [5, 5.41) is 0. The van der Waals surface area contributed by atoms with E-state index < -0.39 is 0 Å². The van der Waals surface area contributed by atoms with Crippen molar-refractivity contribution in [2.24, 2.45) is 0 Å². The van der Waals surface area contributed by atoms with Crippen LogP contribution in [0, 0.1) is 0 Å². The number of hydrogen-bond donors (Lipinski definition) is 0. The van der Waals surface area contributed by atoms with Crippen molar-refractivity contribution >= 4 is 5.70 Å². The van der Waals surface area contributed by atoms with E-state index >= 15 is 0 Å². The Morgan fingerprint density at radius 1 is 1.09 bits per heavy atom. The van der Waals surface area contributed by atoms with Crippen LogP contribution in [0.15, 0.2) is 53.6 Å². The van der Waals surface area contributed by atoms with E-state index in [1.807, 2.05) is 24.4 Å². The molecule has 4 nitrogen and oxygen atoms in total. The Balaban J connectivity index is 1.92. The second kappa shape index (κ2) is 5.13. The zero-order valence-electron chi connectivity index (χ0n) is 12.4. The van der Waals surface area contributed by atoms with E-state index in [9.17, 15) is 4.79 Å². The van der Waals surface area contributed by atoms with Gasteiger partial charge in [-0.1, -0.05) is 12.5 Å². The SMILES string of the molecule is O=c1ccccn1C1=CC2(CCCCC2)Oc2ncccc21. The van der Waals surface area contributed by atoms with Crippen LogP contribution in [0.3, 0.4) is 0 Å². The van der Waals surface area contributed by atoms with Gasteiger partial charge in [0.05, 0.1) is 11.3 Å². The van der Waals surface area contributed by atoms with E-state index in [-0.39, 0.29) is 11.2 Å². The molecular weight excluding hydrogens is 276 g/mol. The summed E-state index contributed by atoms with van der Waals surface area (Å²) in [6.07, 6.45) is 11.2. The maximum atomic E-state index is 12.3. The minimum Gasteiger partial charge on any atom is -0.466 e. The van der Waals surface area contributed by atoms with Gasteiger partial charge in [-0.05, 0) is 50.0 Å². The summed E-state index contributed by atoms with van der Waals surface area (Å²) in [5.41, 5.74) is 1.43. The van der Waals surface area contributed by atoms with Crippen LogP contribution in [0.1, 0.15) is 37.7 Å². The van der Waals surface area contributed by atoms with E-state index in [1.54, 1.807) is 22.9 Å². The van der Waals surface area contributed by atoms with Crippen LogP contribution in [-0.2, 0) is 0 Å². The first kappa shape index (κ1) is 13.3. The van der Waals surface area contributed by atoms with E-state index in [1.165, 1.54) is 6.42 Å². The molecule has 2 aromatic heterocycles. The number of fused-ring (bicyclic) bond motifs is 1. The van der Waals surface area contributed by atoms with E-state index in [4.69, 9.17) is 4.74 Å². The van der Waals surface area contributed by atoms with E-state index in [0.29, 0.717) is 5.88 Å². The van der Waals surface area contributed by atoms with Gasteiger partial charge in [0.25, 0.3) is 5.56 Å². The average Bonchev–Trinajstić information content (AvgIpc) is 2.55. The molecule has 1 spiro atoms. The zero-order chi connectivity index (χ0) is 15.0. The molecule has 0 N–H and O–H groups in total. The Hall–Kier alpha value is -2.36. The monoisotopic (exact) mass is 294 g/mol. The van der Waals surface area contributed by atoms with Crippen molar-refractivity contribution in [3.05, 3.63) is 64.7 Å². The molecule has 3 heterocycles. The summed E-state index contributed by atoms with van der Waals surface area (Å²) in [7, 11) is 0. The van der Waals surface area contributed by atoms with Gasteiger partial charge in [0.15, 0.2) is 0 Å². The second-order valence-corrected chi connectivity index (χ2v) is 6.02. The predicted molar refractivity (Wildman–Crippen MR) is 84.8 cm³/mol. The molecule has 0 atom stereocenters. The molecular formula is C18H18N2O2. The van der Waals surface area contributed by atoms with E-state index in [0.717, 1.165) is 36.9 Å². The van der Waals surface area contributed by atoms with Crippen LogP contribution in [0.2, 0.25) is 0 Å². The zero-order valence-corrected chi connectivity index (χ0v) is 12.4. The number of rotatable bonds is 1. The quantitative estimate of drug-likeness (QED) is 0.811. The number of hydrogen-bond acceptors (Lipinski definition) is 3. The summed E-state index contributed by atoms with van der Waals surface area (Å²) < 4.78 is 7.94. The second-order valence-electron chi connectivity index (χ2n) is 6.02. The van der Waals surface area contributed by atoms with Crippen molar-refractivity contribution in [1.29, 1.82) is 0 Å². The highest BCUT2D eigenvalue weighted by Gasteiger charge is 2.37. The summed E-state index contributed by atoms with van der Waals surface area (Å²) in [6.45, 7) is 0. The Kier molecular flexibility index (Phi) is 3.10. The number of ether oxygens (including phenoxy) is 1. The fourth-order valence-corrected chi connectivity index (χ4v) is 3.44. The number of nitrogens with zero attached hydrogens (tertiary/aromatic N) is 2. The van der Waals surface area contributed by atoms with Crippen molar-refractivity contribution < 1.29 is 4.74 Å². The Bertz CT molecular complexity index is 785. The summed E-state index contributed by atoms with van der Waals surface area (Å²) in [4.78, 5) is 16.7. The summed E-state index contributed by atoms with van der Waals surface area (Å²) >= 11 is 0. The van der Waals surface area contributed by atoms with Crippen molar-refractivity contribution in [2.75, 3.05) is 0 Å². The minimum atomic E-state index is -0.315. The third kappa shape index (κ3) is 2.15. The van der Waals surface area contributed by atoms with Crippen LogP contribution in [-0.4, -0.2) is 15.2 Å². The first-order valence-corrected chi connectivity index (χ1v) is 7.83. The van der Waals surface area contributed by atoms with Gasteiger partial charge in [0.2, 0.25) is 5.88 Å². The highest BCUT2D eigenvalue weighted by molar-refractivity contribution is 5.72. The molecule has 2 aromatic rings. The van der Waals surface area contributed by atoms with Gasteiger partial charge >= 0.3 is 0 Å². The summed E-state index contributed by atoms with van der Waals surface area (Å²) in [5.74, 6) is 0.637. The topological polar surface area (TPSA) is 44.1 Å². The van der Waals surface area contributed by atoms with Crippen LogP contribution < -0.4 is 10.3 Å². The third-order valence-electron chi connectivity index (χ3n) is 4.53. The highest BCUT2D eigenvalue weighted by Crippen LogP contribution is 2.41. The maximum Gasteiger partial charge on any atom is 0.255 e. The smallest absolute Gasteiger partial charge is 0.255 e. The predicted octanol–water partition coefficient (Wildman–Crippen LogP) is 3.23. The maximum absolute atomic E-state index is 12.3. The van der Waals surface area contributed by atoms with Gasteiger partial charge in [-0.3, -0.25) is 9.36 Å². The van der Waals surface area contributed by atoms with Gasteiger partial charge in [-0.2, -0.15) is 0 Å². The summed E-state index contributed by atoms with van der Waals surface area (Å²) in [6, 6.07) is 9.06. The van der Waals surface area contributed by atoms with E-state index in [2.05, 4.69) is 11.1 Å². The van der Waals surface area contributed by atoms with Gasteiger partial charge in [0.1, 0.15) is 5.60 Å². The van der Waals surface area contributed by atoms with Crippen LogP contribution in [0.4, 0.5) is 0 Å². The standard InChI is InChI=1S/C18H18N2O2/c21-16-8-2-5-12-20(16)15-13-18(9-3-1-4-10-18)22-17-14(15)7-6-11-19-17/h2,5-8,11-13H,1,3-4,9-10H2. The lowest BCUT2D eigenvalue weighted by molar-refractivity contribution is 0.0689. The average molecular weight is 294 g/mol. The molecule has 4 rings (SSSR count). The van der Waals surface area contributed by atoms with Gasteiger partial charge in [-0.25, -0.2) is 4.98 Å². The van der Waals surface area contributed by atoms with Gasteiger partial charge < -0.3 is 4.74 Å². The Morgan fingerprint density at radius 2 is 1.95 bits per heavy atom. The Labute approximate surface area is 129 Å². The number of aromatic nitrogens is 2. The lowest BCUT2D eigenvalue weighted by atomic mass is 9.82. The van der Waals surface area contributed by atoms with Crippen LogP contribution in [0.25, 0.3) is 5.70 Å². The molecule has 1 aliphatic heterocycles. The molecule has 2 aliphatic rings. The lowest BCUT2D eigenvalue weighted by Crippen LogP contribution is -2.40. The molecule has 0 aromatic carbocycles. The fraction of sp³-hybridized carbons (Fsp3) is 0.333. The van der Waals surface area contributed by atoms with Crippen molar-refractivity contribution in [1.82, 2.24) is 9.55 Å². The molecule has 0 bridgehead atoms. The lowest BCUT2D eigenvalue weighted by Gasteiger charge is -2.39. The molecule has 1 fully saturated rings. The molecule has 0 unspecified atom stereocenters. The fourth-order valence-electron chi connectivity index (χ4n) is 3.44. The van der Waals surface area contributed by atoms with Crippen LogP contribution in [0.5, 0.6) is 5.88 Å². The molecule has 0 radical (unpaired) electrons. The van der Waals surface area contributed by atoms with Crippen molar-refractivity contribution in [3.8, 4) is 5.88 Å². The molecule has 0 amide bonds. The molecule has 0 saturated heterocycles. The van der Waals surface area contributed by atoms with Gasteiger partial charge in [-0.15, -0.1) is 0 Å². The van der Waals surface area contributed by atoms with Crippen molar-refractivity contribution in [2.45, 2.75) is 37.7 Å². The van der Waals surface area contributed by atoms with Crippen molar-refractivity contribution in [3.63, 3.8) is 0 Å².